The summed E-state index contributed by atoms with van der Waals surface area (Å²) in [6.45, 7) is 6.10. The quantitative estimate of drug-likeness (QED) is 0.366. The Hall–Kier alpha value is -2.41. The van der Waals surface area contributed by atoms with Crippen LogP contribution in [0, 0.1) is 0 Å². The lowest BCUT2D eigenvalue weighted by atomic mass is 10.1. The molecule has 0 saturated heterocycles. The van der Waals surface area contributed by atoms with Gasteiger partial charge in [0.25, 0.3) is 0 Å². The van der Waals surface area contributed by atoms with E-state index >= 15 is 0 Å². The fraction of sp³-hybridized carbons (Fsp3) is 0.526. The predicted molar refractivity (Wildman–Crippen MR) is 104 cm³/mol. The van der Waals surface area contributed by atoms with Crippen LogP contribution in [0.2, 0.25) is 0 Å². The summed E-state index contributed by atoms with van der Waals surface area (Å²) in [5.74, 6) is 0.806. The Bertz CT molecular complexity index is 641. The molecule has 0 amide bonds. The molecular weight excluding hydrogens is 328 g/mol. The fourth-order valence-corrected chi connectivity index (χ4v) is 2.48. The molecule has 2 rings (SSSR count). The standard InChI is InChI=1S/C19H30N6O/c1-3-4-10-26-11-6-9-22-19(20-2)23-13-17-7-5-8-18(12-17)14-25-16-21-15-24-25/h5,7-8,12,15-16H,3-4,6,9-11,13-14H2,1-2H3,(H2,20,22,23). The topological polar surface area (TPSA) is 76.4 Å². The van der Waals surface area contributed by atoms with Crippen LogP contribution in [0.1, 0.15) is 37.3 Å². The van der Waals surface area contributed by atoms with Crippen LogP contribution < -0.4 is 10.6 Å². The number of nitrogens with one attached hydrogen (secondary N) is 2. The van der Waals surface area contributed by atoms with E-state index in [9.17, 15) is 0 Å². The number of hydrogen-bond donors (Lipinski definition) is 2. The molecule has 0 aliphatic carbocycles. The van der Waals surface area contributed by atoms with E-state index in [1.165, 1.54) is 17.5 Å². The van der Waals surface area contributed by atoms with Gasteiger partial charge in [-0.1, -0.05) is 37.6 Å². The third-order valence-corrected chi connectivity index (χ3v) is 3.89. The van der Waals surface area contributed by atoms with Crippen molar-refractivity contribution in [3.05, 3.63) is 48.0 Å². The van der Waals surface area contributed by atoms with Crippen molar-refractivity contribution in [2.24, 2.45) is 4.99 Å². The zero-order chi connectivity index (χ0) is 18.5. The Balaban J connectivity index is 1.69. The maximum absolute atomic E-state index is 5.56. The van der Waals surface area contributed by atoms with Gasteiger partial charge in [0.15, 0.2) is 5.96 Å². The van der Waals surface area contributed by atoms with Crippen LogP contribution in [0.3, 0.4) is 0 Å². The Morgan fingerprint density at radius 3 is 2.81 bits per heavy atom. The number of hydrogen-bond acceptors (Lipinski definition) is 4. The summed E-state index contributed by atoms with van der Waals surface area (Å²) >= 11 is 0. The van der Waals surface area contributed by atoms with Crippen molar-refractivity contribution in [1.82, 2.24) is 25.4 Å². The highest BCUT2D eigenvalue weighted by Crippen LogP contribution is 2.06. The molecule has 2 N–H and O–H groups in total. The van der Waals surface area contributed by atoms with E-state index < -0.39 is 0 Å². The van der Waals surface area contributed by atoms with Gasteiger partial charge >= 0.3 is 0 Å². The first-order valence-electron chi connectivity index (χ1n) is 9.24. The van der Waals surface area contributed by atoms with Gasteiger partial charge in [0.2, 0.25) is 0 Å². The first-order chi connectivity index (χ1) is 12.8. The molecule has 0 unspecified atom stereocenters. The Kier molecular flexibility index (Phi) is 9.21. The van der Waals surface area contributed by atoms with Gasteiger partial charge in [-0.15, -0.1) is 0 Å². The lowest BCUT2D eigenvalue weighted by Crippen LogP contribution is -2.37. The number of guanidine groups is 1. The molecule has 0 fully saturated rings. The molecule has 0 saturated carbocycles. The second-order valence-corrected chi connectivity index (χ2v) is 6.09. The van der Waals surface area contributed by atoms with Crippen LogP contribution in [0.25, 0.3) is 0 Å². The van der Waals surface area contributed by atoms with E-state index in [0.717, 1.165) is 51.6 Å². The van der Waals surface area contributed by atoms with Crippen molar-refractivity contribution in [2.45, 2.75) is 39.3 Å². The molecule has 26 heavy (non-hydrogen) atoms. The van der Waals surface area contributed by atoms with Crippen LogP contribution in [0.5, 0.6) is 0 Å². The molecular formula is C19H30N6O. The molecule has 0 bridgehead atoms. The summed E-state index contributed by atoms with van der Waals surface area (Å²) < 4.78 is 7.38. The highest BCUT2D eigenvalue weighted by molar-refractivity contribution is 5.79. The minimum absolute atomic E-state index is 0.720. The third-order valence-electron chi connectivity index (χ3n) is 3.89. The number of aliphatic imine (C=N–C) groups is 1. The van der Waals surface area contributed by atoms with Gasteiger partial charge in [0.1, 0.15) is 12.7 Å². The number of ether oxygens (including phenoxy) is 1. The number of nitrogens with zero attached hydrogens (tertiary/aromatic N) is 4. The molecule has 142 valence electrons. The van der Waals surface area contributed by atoms with Gasteiger partial charge in [-0.3, -0.25) is 4.99 Å². The number of aromatic nitrogens is 3. The highest BCUT2D eigenvalue weighted by Gasteiger charge is 2.01. The zero-order valence-corrected chi connectivity index (χ0v) is 15.8. The summed E-state index contributed by atoms with van der Waals surface area (Å²) in [5.41, 5.74) is 2.40. The van der Waals surface area contributed by atoms with E-state index in [-0.39, 0.29) is 0 Å². The van der Waals surface area contributed by atoms with E-state index in [0.29, 0.717) is 0 Å². The summed E-state index contributed by atoms with van der Waals surface area (Å²) in [5, 5.41) is 10.8. The van der Waals surface area contributed by atoms with Gasteiger partial charge < -0.3 is 15.4 Å². The number of benzene rings is 1. The fourth-order valence-electron chi connectivity index (χ4n) is 2.48. The highest BCUT2D eigenvalue weighted by atomic mass is 16.5. The molecule has 1 heterocycles. The average Bonchev–Trinajstić information content (AvgIpc) is 3.17. The second-order valence-electron chi connectivity index (χ2n) is 6.09. The minimum Gasteiger partial charge on any atom is -0.381 e. The maximum atomic E-state index is 5.56. The molecule has 1 aromatic carbocycles. The van der Waals surface area contributed by atoms with E-state index in [4.69, 9.17) is 4.74 Å². The largest absolute Gasteiger partial charge is 0.381 e. The normalized spacial score (nSPS) is 11.5. The molecule has 0 aliphatic heterocycles. The first kappa shape index (κ1) is 19.9. The van der Waals surface area contributed by atoms with Crippen molar-refractivity contribution < 1.29 is 4.74 Å². The van der Waals surface area contributed by atoms with E-state index in [1.807, 2.05) is 4.68 Å². The number of rotatable bonds is 11. The SMILES string of the molecule is CCCCOCCCNC(=NC)NCc1cccc(Cn2cncn2)c1. The Labute approximate surface area is 155 Å². The van der Waals surface area contributed by atoms with Crippen LogP contribution >= 0.6 is 0 Å². The van der Waals surface area contributed by atoms with Crippen LogP contribution in [0.4, 0.5) is 0 Å². The Morgan fingerprint density at radius 2 is 2.04 bits per heavy atom. The Morgan fingerprint density at radius 1 is 1.19 bits per heavy atom. The summed E-state index contributed by atoms with van der Waals surface area (Å²) in [6, 6.07) is 8.43. The maximum Gasteiger partial charge on any atom is 0.191 e. The van der Waals surface area contributed by atoms with Gasteiger partial charge in [0.05, 0.1) is 6.54 Å². The van der Waals surface area contributed by atoms with Crippen molar-refractivity contribution in [3.8, 4) is 0 Å². The van der Waals surface area contributed by atoms with Crippen LogP contribution in [0.15, 0.2) is 41.9 Å². The lowest BCUT2D eigenvalue weighted by molar-refractivity contribution is 0.129. The van der Waals surface area contributed by atoms with Crippen molar-refractivity contribution in [2.75, 3.05) is 26.8 Å². The first-order valence-corrected chi connectivity index (χ1v) is 9.24. The van der Waals surface area contributed by atoms with E-state index in [1.54, 1.807) is 19.7 Å². The van der Waals surface area contributed by atoms with Crippen molar-refractivity contribution in [3.63, 3.8) is 0 Å². The molecule has 0 radical (unpaired) electrons. The molecule has 2 aromatic rings. The second kappa shape index (κ2) is 12.0. The summed E-state index contributed by atoms with van der Waals surface area (Å²) in [4.78, 5) is 8.24. The van der Waals surface area contributed by atoms with Crippen molar-refractivity contribution in [1.29, 1.82) is 0 Å². The predicted octanol–water partition coefficient (Wildman–Crippen LogP) is 2.20. The molecule has 7 nitrogen and oxygen atoms in total. The van der Waals surface area contributed by atoms with Gasteiger partial charge in [-0.2, -0.15) is 5.10 Å². The number of unbranched alkanes of at least 4 members (excludes halogenated alkanes) is 1. The molecule has 0 atom stereocenters. The minimum atomic E-state index is 0.720. The smallest absolute Gasteiger partial charge is 0.191 e. The lowest BCUT2D eigenvalue weighted by Gasteiger charge is -2.12. The molecule has 7 heteroatoms. The average molecular weight is 358 g/mol. The zero-order valence-electron chi connectivity index (χ0n) is 15.8. The van der Waals surface area contributed by atoms with Crippen molar-refractivity contribution >= 4 is 5.96 Å². The third kappa shape index (κ3) is 7.65. The van der Waals surface area contributed by atoms with E-state index in [2.05, 4.69) is 56.9 Å². The van der Waals surface area contributed by atoms with Gasteiger partial charge in [-0.25, -0.2) is 9.67 Å². The van der Waals surface area contributed by atoms with Gasteiger partial charge in [-0.05, 0) is 24.0 Å². The van der Waals surface area contributed by atoms with Gasteiger partial charge in [0, 0.05) is 33.4 Å². The molecule has 1 aromatic heterocycles. The molecule has 0 aliphatic rings. The molecule has 0 spiro atoms. The summed E-state index contributed by atoms with van der Waals surface area (Å²) in [7, 11) is 1.79. The summed E-state index contributed by atoms with van der Waals surface area (Å²) in [6.07, 6.45) is 6.55. The monoisotopic (exact) mass is 358 g/mol. The van der Waals surface area contributed by atoms with Crippen LogP contribution in [-0.2, 0) is 17.8 Å². The van der Waals surface area contributed by atoms with Crippen LogP contribution in [-0.4, -0.2) is 47.5 Å².